The van der Waals surface area contributed by atoms with Crippen molar-refractivity contribution in [3.8, 4) is 5.75 Å². The molecule has 0 radical (unpaired) electrons. The maximum absolute atomic E-state index is 12.1. The van der Waals surface area contributed by atoms with Gasteiger partial charge in [0.05, 0.1) is 0 Å². The average Bonchev–Trinajstić information content (AvgIpc) is 2.72. The van der Waals surface area contributed by atoms with Crippen molar-refractivity contribution in [2.24, 2.45) is 5.41 Å². The largest absolute Gasteiger partial charge is 0.484 e. The van der Waals surface area contributed by atoms with Crippen LogP contribution in [0.2, 0.25) is 0 Å². The number of benzene rings is 1. The van der Waals surface area contributed by atoms with Gasteiger partial charge in [-0.1, -0.05) is 73.1 Å². The quantitative estimate of drug-likeness (QED) is 0.441. The Morgan fingerprint density at radius 3 is 1.79 bits per heavy atom. The minimum absolute atomic E-state index is 0. The first-order valence-corrected chi connectivity index (χ1v) is 11.0. The van der Waals surface area contributed by atoms with E-state index in [-0.39, 0.29) is 39.1 Å². The number of hydrogen-bond acceptors (Lipinski definition) is 2. The topological polar surface area (TPSA) is 38.3 Å². The maximum atomic E-state index is 12.1. The first-order chi connectivity index (χ1) is 13.0. The van der Waals surface area contributed by atoms with Crippen LogP contribution < -0.4 is 10.1 Å². The van der Waals surface area contributed by atoms with Gasteiger partial charge in [0.15, 0.2) is 6.61 Å². The summed E-state index contributed by atoms with van der Waals surface area (Å²) >= 11 is 0. The average molecular weight is 561 g/mol. The number of nitrogens with one attached hydrogen (secondary N) is 1. The number of rotatable bonds is 4. The van der Waals surface area contributed by atoms with Gasteiger partial charge < -0.3 is 10.1 Å². The second-order valence-electron chi connectivity index (χ2n) is 7.45. The van der Waals surface area contributed by atoms with Gasteiger partial charge in [-0.2, -0.15) is 0 Å². The van der Waals surface area contributed by atoms with Crippen molar-refractivity contribution in [2.45, 2.75) is 99.0 Å². The van der Waals surface area contributed by atoms with E-state index in [1.54, 1.807) is 0 Å². The zero-order valence-electron chi connectivity index (χ0n) is 19.3. The minimum atomic E-state index is 0. The molecule has 0 saturated heterocycles. The Bertz CT molecular complexity index is 480. The Morgan fingerprint density at radius 1 is 0.929 bits per heavy atom. The van der Waals surface area contributed by atoms with Gasteiger partial charge >= 0.3 is 0 Å². The summed E-state index contributed by atoms with van der Waals surface area (Å²) < 4.78 is 5.52. The fourth-order valence-corrected chi connectivity index (χ4v) is 3.56. The normalized spacial score (nSPS) is 23.8. The van der Waals surface area contributed by atoms with E-state index in [2.05, 4.69) is 26.1 Å². The number of carbonyl (C=O) groups excluding carboxylic acids is 1. The van der Waals surface area contributed by atoms with E-state index in [1.807, 2.05) is 58.0 Å². The summed E-state index contributed by atoms with van der Waals surface area (Å²) in [5, 5.41) is 3.24. The molecule has 1 amide bonds. The number of carbonyl (C=O) groups is 1. The summed E-state index contributed by atoms with van der Waals surface area (Å²) in [6.45, 7) is 14.7. The smallest absolute Gasteiger partial charge is 0.258 e. The van der Waals surface area contributed by atoms with E-state index in [9.17, 15) is 4.79 Å². The third-order valence-corrected chi connectivity index (χ3v) is 5.14. The fourth-order valence-electron chi connectivity index (χ4n) is 3.56. The summed E-state index contributed by atoms with van der Waals surface area (Å²) in [5.74, 6) is 0.763. The predicted molar refractivity (Wildman–Crippen MR) is 117 cm³/mol. The van der Waals surface area contributed by atoms with Gasteiger partial charge in [0.2, 0.25) is 0 Å². The first-order valence-electron chi connectivity index (χ1n) is 11.0. The molecule has 28 heavy (non-hydrogen) atoms. The number of para-hydroxylation sites is 1. The van der Waals surface area contributed by atoms with Crippen LogP contribution in [0.1, 0.15) is 93.4 Å². The van der Waals surface area contributed by atoms with Gasteiger partial charge in [-0.3, -0.25) is 4.79 Å². The van der Waals surface area contributed by atoms with Crippen LogP contribution in [0.15, 0.2) is 30.3 Å². The number of amides is 1. The first kappa shape index (κ1) is 29.4. The Morgan fingerprint density at radius 2 is 1.36 bits per heavy atom. The van der Waals surface area contributed by atoms with Crippen LogP contribution in [-0.4, -0.2) is 18.1 Å². The number of hydrogen-bond donors (Lipinski definition) is 1. The Kier molecular flexibility index (Phi) is 16.8. The molecule has 0 aliphatic heterocycles. The molecule has 0 unspecified atom stereocenters. The SMILES string of the molecule is CC.CC.CC12CCC(NC(=O)COc3ccccc3)(CC1)CC2.CCC.[W]. The van der Waals surface area contributed by atoms with E-state index < -0.39 is 0 Å². The molecule has 0 spiro atoms. The third kappa shape index (κ3) is 10.1. The molecule has 3 aliphatic carbocycles. The van der Waals surface area contributed by atoms with Crippen LogP contribution in [0.3, 0.4) is 0 Å². The third-order valence-electron chi connectivity index (χ3n) is 5.14. The minimum Gasteiger partial charge on any atom is -0.484 e. The van der Waals surface area contributed by atoms with E-state index in [4.69, 9.17) is 4.74 Å². The van der Waals surface area contributed by atoms with E-state index in [0.717, 1.165) is 25.0 Å². The van der Waals surface area contributed by atoms with Crippen molar-refractivity contribution >= 4 is 5.91 Å². The van der Waals surface area contributed by atoms with Crippen LogP contribution in [0.25, 0.3) is 0 Å². The van der Waals surface area contributed by atoms with Crippen molar-refractivity contribution in [1.29, 1.82) is 0 Å². The Labute approximate surface area is 188 Å². The molecule has 4 heteroatoms. The van der Waals surface area contributed by atoms with Crippen molar-refractivity contribution in [1.82, 2.24) is 5.32 Å². The zero-order chi connectivity index (χ0) is 20.8. The second-order valence-corrected chi connectivity index (χ2v) is 7.45. The predicted octanol–water partition coefficient (Wildman–Crippen LogP) is 6.76. The summed E-state index contributed by atoms with van der Waals surface area (Å²) in [5.41, 5.74) is 0.585. The van der Waals surface area contributed by atoms with Crippen LogP contribution >= 0.6 is 0 Å². The van der Waals surface area contributed by atoms with Gasteiger partial charge in [0, 0.05) is 26.6 Å². The van der Waals surface area contributed by atoms with Crippen molar-refractivity contribution < 1.29 is 30.6 Å². The second kappa shape index (κ2) is 16.0. The van der Waals surface area contributed by atoms with Crippen LogP contribution in [0.5, 0.6) is 5.75 Å². The molecule has 3 fully saturated rings. The molecular formula is C24H43NO2W. The zero-order valence-corrected chi connectivity index (χ0v) is 22.2. The van der Waals surface area contributed by atoms with Crippen LogP contribution in [0.4, 0.5) is 0 Å². The molecule has 0 aromatic heterocycles. The standard InChI is InChI=1S/C17H23NO2.C3H8.2C2H6.W/c1-16-7-10-17(11-8-16,12-9-16)18-15(19)13-20-14-5-3-2-4-6-14;1-3-2;2*1-2;/h2-6H,7-13H2,1H3,(H,18,19);3H2,1-2H3;2*1-2H3;. The molecule has 1 N–H and O–H groups in total. The molecule has 1 aromatic carbocycles. The van der Waals surface area contributed by atoms with E-state index >= 15 is 0 Å². The van der Waals surface area contributed by atoms with Gasteiger partial charge in [-0.05, 0) is 56.1 Å². The summed E-state index contributed by atoms with van der Waals surface area (Å²) in [4.78, 5) is 12.1. The van der Waals surface area contributed by atoms with Crippen LogP contribution in [0, 0.1) is 5.41 Å². The van der Waals surface area contributed by atoms with E-state index in [0.29, 0.717) is 5.41 Å². The molecule has 0 atom stereocenters. The Balaban J connectivity index is 0. The fraction of sp³-hybridized carbons (Fsp3) is 0.708. The van der Waals surface area contributed by atoms with Crippen molar-refractivity contribution in [2.75, 3.05) is 6.61 Å². The molecule has 1 aromatic rings. The van der Waals surface area contributed by atoms with Crippen molar-refractivity contribution in [3.05, 3.63) is 30.3 Å². The van der Waals surface area contributed by atoms with E-state index in [1.165, 1.54) is 25.7 Å². The molecule has 3 aliphatic rings. The Hall–Kier alpha value is -0.822. The molecule has 3 nitrogen and oxygen atoms in total. The summed E-state index contributed by atoms with van der Waals surface area (Å²) in [6.07, 6.45) is 8.36. The van der Waals surface area contributed by atoms with Gasteiger partial charge in [0.25, 0.3) is 5.91 Å². The summed E-state index contributed by atoms with van der Waals surface area (Å²) in [7, 11) is 0. The molecule has 162 valence electrons. The maximum Gasteiger partial charge on any atom is 0.258 e. The van der Waals surface area contributed by atoms with Gasteiger partial charge in [-0.15, -0.1) is 0 Å². The molecular weight excluding hydrogens is 518 g/mol. The number of fused-ring (bicyclic) bond motifs is 3. The molecule has 0 heterocycles. The summed E-state index contributed by atoms with van der Waals surface area (Å²) in [6, 6.07) is 9.51. The van der Waals surface area contributed by atoms with Crippen LogP contribution in [-0.2, 0) is 25.9 Å². The molecule has 2 bridgehead atoms. The monoisotopic (exact) mass is 561 g/mol. The van der Waals surface area contributed by atoms with Crippen molar-refractivity contribution in [3.63, 3.8) is 0 Å². The number of ether oxygens (including phenoxy) is 1. The van der Waals surface area contributed by atoms with Gasteiger partial charge in [0.1, 0.15) is 5.75 Å². The molecule has 3 saturated carbocycles. The van der Waals surface area contributed by atoms with Gasteiger partial charge in [-0.25, -0.2) is 0 Å². The molecule has 4 rings (SSSR count).